The molecule has 3 aromatic rings. The van der Waals surface area contributed by atoms with E-state index >= 15 is 0 Å². The van der Waals surface area contributed by atoms with Gasteiger partial charge in [-0.3, -0.25) is 4.79 Å². The first-order valence-electron chi connectivity index (χ1n) is 8.24. The van der Waals surface area contributed by atoms with Crippen molar-refractivity contribution in [2.75, 3.05) is 5.32 Å². The van der Waals surface area contributed by atoms with Gasteiger partial charge in [-0.1, -0.05) is 48.2 Å². The summed E-state index contributed by atoms with van der Waals surface area (Å²) < 4.78 is 6.57. The molecule has 0 saturated carbocycles. The second kappa shape index (κ2) is 8.82. The molecule has 0 saturated heterocycles. The first-order valence-corrected chi connectivity index (χ1v) is 9.94. The number of thioether (sulfide) groups is 1. The van der Waals surface area contributed by atoms with Crippen LogP contribution in [0.25, 0.3) is 0 Å². The maximum Gasteiger partial charge on any atom is 0.237 e. The van der Waals surface area contributed by atoms with E-state index in [2.05, 4.69) is 15.5 Å². The number of carbonyl (C=O) groups is 1. The van der Waals surface area contributed by atoms with Gasteiger partial charge in [0.2, 0.25) is 5.91 Å². The minimum atomic E-state index is -0.206. The highest BCUT2D eigenvalue weighted by molar-refractivity contribution is 8.02. The van der Waals surface area contributed by atoms with Crippen LogP contribution in [0, 0.1) is 6.92 Å². The monoisotopic (exact) mass is 385 g/mol. The van der Waals surface area contributed by atoms with Crippen LogP contribution in [0.5, 0.6) is 11.5 Å². The molecule has 0 aliphatic carbocycles. The van der Waals surface area contributed by atoms with Crippen LogP contribution in [0.3, 0.4) is 0 Å². The van der Waals surface area contributed by atoms with Gasteiger partial charge in [0.1, 0.15) is 16.5 Å². The van der Waals surface area contributed by atoms with Crippen LogP contribution < -0.4 is 10.1 Å². The summed E-state index contributed by atoms with van der Waals surface area (Å²) in [4.78, 5) is 12.5. The third-order valence-electron chi connectivity index (χ3n) is 3.51. The number of aryl methyl sites for hydroxylation is 1. The molecule has 1 heterocycles. The van der Waals surface area contributed by atoms with Crippen LogP contribution in [-0.4, -0.2) is 21.4 Å². The molecule has 134 valence electrons. The van der Waals surface area contributed by atoms with E-state index in [0.717, 1.165) is 26.5 Å². The standard InChI is InChI=1S/C19H19N3O2S2/c1-3-17(26-19-22-21-13(2)25-19)18(23)20-14-9-11-16(12-10-14)24-15-7-5-4-6-8-15/h4-12,17H,3H2,1-2H3,(H,20,23). The number of ether oxygens (including phenoxy) is 1. The van der Waals surface area contributed by atoms with Gasteiger partial charge in [-0.2, -0.15) is 0 Å². The Morgan fingerprint density at radius 3 is 2.42 bits per heavy atom. The van der Waals surface area contributed by atoms with E-state index in [9.17, 15) is 4.79 Å². The van der Waals surface area contributed by atoms with Crippen LogP contribution in [0.15, 0.2) is 58.9 Å². The van der Waals surface area contributed by atoms with E-state index in [1.165, 1.54) is 23.1 Å². The van der Waals surface area contributed by atoms with Gasteiger partial charge in [-0.15, -0.1) is 10.2 Å². The molecule has 0 aliphatic heterocycles. The zero-order valence-corrected chi connectivity index (χ0v) is 16.1. The molecule has 0 spiro atoms. The van der Waals surface area contributed by atoms with E-state index in [1.807, 2.05) is 68.4 Å². The smallest absolute Gasteiger partial charge is 0.237 e. The molecule has 0 fully saturated rings. The molecule has 26 heavy (non-hydrogen) atoms. The normalized spacial score (nSPS) is 11.8. The van der Waals surface area contributed by atoms with Crippen molar-refractivity contribution in [3.05, 3.63) is 59.6 Å². The largest absolute Gasteiger partial charge is 0.457 e. The van der Waals surface area contributed by atoms with Crippen molar-refractivity contribution in [1.82, 2.24) is 10.2 Å². The van der Waals surface area contributed by atoms with Gasteiger partial charge in [0, 0.05) is 5.69 Å². The van der Waals surface area contributed by atoms with Crippen molar-refractivity contribution >= 4 is 34.7 Å². The van der Waals surface area contributed by atoms with Gasteiger partial charge >= 0.3 is 0 Å². The molecule has 1 amide bonds. The molecular formula is C19H19N3O2S2. The van der Waals surface area contributed by atoms with Crippen LogP contribution in [0.4, 0.5) is 5.69 Å². The molecule has 0 bridgehead atoms. The summed E-state index contributed by atoms with van der Waals surface area (Å²) in [5.41, 5.74) is 0.739. The third-order valence-corrected chi connectivity index (χ3v) is 5.80. The fourth-order valence-corrected chi connectivity index (χ4v) is 4.21. The van der Waals surface area contributed by atoms with Crippen molar-refractivity contribution in [1.29, 1.82) is 0 Å². The SMILES string of the molecule is CCC(Sc1nnc(C)s1)C(=O)Nc1ccc(Oc2ccccc2)cc1. The number of aromatic nitrogens is 2. The lowest BCUT2D eigenvalue weighted by Crippen LogP contribution is -2.24. The number of nitrogens with zero attached hydrogens (tertiary/aromatic N) is 2. The van der Waals surface area contributed by atoms with E-state index < -0.39 is 0 Å². The number of carbonyl (C=O) groups excluding carboxylic acids is 1. The molecule has 1 atom stereocenters. The molecule has 1 N–H and O–H groups in total. The van der Waals surface area contributed by atoms with Gasteiger partial charge in [0.25, 0.3) is 0 Å². The predicted molar refractivity (Wildman–Crippen MR) is 106 cm³/mol. The average Bonchev–Trinajstić information content (AvgIpc) is 3.07. The minimum absolute atomic E-state index is 0.0397. The Hall–Kier alpha value is -2.38. The Morgan fingerprint density at radius 2 is 1.81 bits per heavy atom. The lowest BCUT2D eigenvalue weighted by molar-refractivity contribution is -0.115. The third kappa shape index (κ3) is 5.06. The summed E-state index contributed by atoms with van der Waals surface area (Å²) in [6.45, 7) is 3.89. The molecule has 0 aliphatic rings. The highest BCUT2D eigenvalue weighted by Crippen LogP contribution is 2.29. The summed E-state index contributed by atoms with van der Waals surface area (Å²) in [6.07, 6.45) is 0.713. The number of nitrogens with one attached hydrogen (secondary N) is 1. The van der Waals surface area contributed by atoms with Crippen LogP contribution in [0.2, 0.25) is 0 Å². The summed E-state index contributed by atoms with van der Waals surface area (Å²) >= 11 is 2.95. The highest BCUT2D eigenvalue weighted by Gasteiger charge is 2.20. The second-order valence-corrected chi connectivity index (χ2v) is 8.16. The Morgan fingerprint density at radius 1 is 1.12 bits per heavy atom. The number of hydrogen-bond donors (Lipinski definition) is 1. The summed E-state index contributed by atoms with van der Waals surface area (Å²) in [5.74, 6) is 1.46. The quantitative estimate of drug-likeness (QED) is 0.570. The first-order chi connectivity index (χ1) is 12.6. The van der Waals surface area contributed by atoms with Crippen LogP contribution in [-0.2, 0) is 4.79 Å². The highest BCUT2D eigenvalue weighted by atomic mass is 32.2. The summed E-state index contributed by atoms with van der Waals surface area (Å²) in [7, 11) is 0. The van der Waals surface area contributed by atoms with Crippen molar-refractivity contribution in [3.8, 4) is 11.5 Å². The molecule has 1 unspecified atom stereocenters. The Labute approximate surface area is 160 Å². The maximum atomic E-state index is 12.5. The van der Waals surface area contributed by atoms with Gasteiger partial charge in [0.15, 0.2) is 4.34 Å². The minimum Gasteiger partial charge on any atom is -0.457 e. The molecule has 7 heteroatoms. The zero-order valence-electron chi connectivity index (χ0n) is 14.5. The molecule has 3 rings (SSSR count). The zero-order chi connectivity index (χ0) is 18.4. The number of para-hydroxylation sites is 1. The number of anilines is 1. The number of benzene rings is 2. The second-order valence-electron chi connectivity index (χ2n) is 5.53. The molecule has 1 aromatic heterocycles. The molecular weight excluding hydrogens is 366 g/mol. The Kier molecular flexibility index (Phi) is 6.25. The van der Waals surface area contributed by atoms with Crippen molar-refractivity contribution < 1.29 is 9.53 Å². The van der Waals surface area contributed by atoms with Gasteiger partial charge in [-0.05, 0) is 49.7 Å². The van der Waals surface area contributed by atoms with Gasteiger partial charge < -0.3 is 10.1 Å². The van der Waals surface area contributed by atoms with Gasteiger partial charge in [-0.25, -0.2) is 0 Å². The van der Waals surface area contributed by atoms with Crippen LogP contribution >= 0.6 is 23.1 Å². The van der Waals surface area contributed by atoms with Gasteiger partial charge in [0.05, 0.1) is 5.25 Å². The maximum absolute atomic E-state index is 12.5. The van der Waals surface area contributed by atoms with E-state index in [-0.39, 0.29) is 11.2 Å². The summed E-state index contributed by atoms with van der Waals surface area (Å²) in [5, 5.41) is 11.7. The van der Waals surface area contributed by atoms with E-state index in [0.29, 0.717) is 6.42 Å². The summed E-state index contributed by atoms with van der Waals surface area (Å²) in [6, 6.07) is 16.9. The van der Waals surface area contributed by atoms with Crippen molar-refractivity contribution in [3.63, 3.8) is 0 Å². The lowest BCUT2D eigenvalue weighted by Gasteiger charge is -2.13. The van der Waals surface area contributed by atoms with Crippen LogP contribution in [0.1, 0.15) is 18.4 Å². The number of hydrogen-bond acceptors (Lipinski definition) is 6. The Balaban J connectivity index is 1.59. The Bertz CT molecular complexity index is 851. The number of amides is 1. The molecule has 2 aromatic carbocycles. The topological polar surface area (TPSA) is 64.1 Å². The lowest BCUT2D eigenvalue weighted by atomic mass is 10.2. The first kappa shape index (κ1) is 18.4. The number of rotatable bonds is 7. The average molecular weight is 386 g/mol. The predicted octanol–water partition coefficient (Wildman–Crippen LogP) is 5.15. The van der Waals surface area contributed by atoms with E-state index in [1.54, 1.807) is 0 Å². The molecule has 0 radical (unpaired) electrons. The van der Waals surface area contributed by atoms with Crippen molar-refractivity contribution in [2.45, 2.75) is 29.9 Å². The molecule has 5 nitrogen and oxygen atoms in total. The van der Waals surface area contributed by atoms with Crippen molar-refractivity contribution in [2.24, 2.45) is 0 Å². The van der Waals surface area contributed by atoms with E-state index in [4.69, 9.17) is 4.74 Å². The fourth-order valence-electron chi connectivity index (χ4n) is 2.22. The fraction of sp³-hybridized carbons (Fsp3) is 0.211.